The Morgan fingerprint density at radius 3 is 2.00 bits per heavy atom. The summed E-state index contributed by atoms with van der Waals surface area (Å²) in [5, 5.41) is 18.9. The highest BCUT2D eigenvalue weighted by Crippen LogP contribution is 2.11. The van der Waals surface area contributed by atoms with Crippen molar-refractivity contribution in [1.82, 2.24) is 0 Å². The smallest absolute Gasteiger partial charge is 0.151 e. The standard InChI is InChI=1S/C9H18O6/c1-13-5-7(12)9(15-3)8(14-2)6(11)4-10/h4,6-9,11-12H,5H2,1-3H3/t6-,7-,8-,9-/m1/s1. The number of carbonyl (C=O) groups is 1. The lowest BCUT2D eigenvalue weighted by molar-refractivity contribution is -0.151. The topological polar surface area (TPSA) is 85.2 Å². The Morgan fingerprint density at radius 1 is 1.13 bits per heavy atom. The van der Waals surface area contributed by atoms with Gasteiger partial charge in [0.1, 0.15) is 24.4 Å². The maximum atomic E-state index is 10.4. The van der Waals surface area contributed by atoms with E-state index in [9.17, 15) is 15.0 Å². The van der Waals surface area contributed by atoms with E-state index in [0.717, 1.165) is 0 Å². The van der Waals surface area contributed by atoms with Crippen molar-refractivity contribution in [2.75, 3.05) is 27.9 Å². The van der Waals surface area contributed by atoms with Gasteiger partial charge in [0.05, 0.1) is 6.61 Å². The van der Waals surface area contributed by atoms with Gasteiger partial charge < -0.3 is 29.2 Å². The SMILES string of the molecule is COC[C@@H](O)[C@@H](OC)[C@H](OC)[C@H](O)C=O. The molecular formula is C9H18O6. The number of aldehydes is 1. The van der Waals surface area contributed by atoms with E-state index in [2.05, 4.69) is 0 Å². The van der Waals surface area contributed by atoms with Gasteiger partial charge in [-0.2, -0.15) is 0 Å². The average molecular weight is 222 g/mol. The second-order valence-corrected chi connectivity index (χ2v) is 3.05. The molecule has 0 aromatic carbocycles. The zero-order chi connectivity index (χ0) is 11.8. The van der Waals surface area contributed by atoms with Crippen LogP contribution in [-0.4, -0.2) is 68.9 Å². The van der Waals surface area contributed by atoms with Crippen LogP contribution >= 0.6 is 0 Å². The zero-order valence-corrected chi connectivity index (χ0v) is 9.12. The maximum absolute atomic E-state index is 10.4. The van der Waals surface area contributed by atoms with Crippen LogP contribution in [-0.2, 0) is 19.0 Å². The van der Waals surface area contributed by atoms with Crippen LogP contribution in [0.1, 0.15) is 0 Å². The van der Waals surface area contributed by atoms with Gasteiger partial charge in [-0.05, 0) is 0 Å². The highest BCUT2D eigenvalue weighted by Gasteiger charge is 2.33. The van der Waals surface area contributed by atoms with Crippen LogP contribution < -0.4 is 0 Å². The first kappa shape index (κ1) is 14.5. The number of aliphatic hydroxyl groups is 2. The molecule has 6 heteroatoms. The molecule has 0 aliphatic rings. The first-order valence-corrected chi connectivity index (χ1v) is 4.48. The molecule has 0 aliphatic heterocycles. The Bertz CT molecular complexity index is 174. The number of carbonyl (C=O) groups excluding carboxylic acids is 1. The molecule has 0 aromatic rings. The fraction of sp³-hybridized carbons (Fsp3) is 0.889. The van der Waals surface area contributed by atoms with Crippen molar-refractivity contribution >= 4 is 6.29 Å². The maximum Gasteiger partial charge on any atom is 0.151 e. The summed E-state index contributed by atoms with van der Waals surface area (Å²) in [5.41, 5.74) is 0. The Morgan fingerprint density at radius 2 is 1.67 bits per heavy atom. The van der Waals surface area contributed by atoms with Crippen molar-refractivity contribution in [1.29, 1.82) is 0 Å². The summed E-state index contributed by atoms with van der Waals surface area (Å²) in [7, 11) is 4.10. The van der Waals surface area contributed by atoms with Crippen LogP contribution in [0.25, 0.3) is 0 Å². The molecule has 15 heavy (non-hydrogen) atoms. The van der Waals surface area contributed by atoms with Gasteiger partial charge in [0, 0.05) is 21.3 Å². The van der Waals surface area contributed by atoms with Crippen LogP contribution in [0.2, 0.25) is 0 Å². The third-order valence-corrected chi connectivity index (χ3v) is 2.06. The van der Waals surface area contributed by atoms with E-state index >= 15 is 0 Å². The Balaban J connectivity index is 4.51. The van der Waals surface area contributed by atoms with Crippen LogP contribution in [0.4, 0.5) is 0 Å². The lowest BCUT2D eigenvalue weighted by atomic mass is 10.0. The Labute approximate surface area is 88.7 Å². The van der Waals surface area contributed by atoms with E-state index < -0.39 is 24.4 Å². The van der Waals surface area contributed by atoms with Crippen molar-refractivity contribution in [2.45, 2.75) is 24.4 Å². The number of ether oxygens (including phenoxy) is 3. The van der Waals surface area contributed by atoms with Gasteiger partial charge in [-0.15, -0.1) is 0 Å². The van der Waals surface area contributed by atoms with E-state index in [0.29, 0.717) is 6.29 Å². The molecule has 0 aliphatic carbocycles. The quantitative estimate of drug-likeness (QED) is 0.490. The molecule has 0 amide bonds. The molecular weight excluding hydrogens is 204 g/mol. The third kappa shape index (κ3) is 4.23. The van der Waals surface area contributed by atoms with E-state index in [1.165, 1.54) is 21.3 Å². The van der Waals surface area contributed by atoms with Crippen LogP contribution in [0.5, 0.6) is 0 Å². The Hall–Kier alpha value is -0.530. The summed E-state index contributed by atoms with van der Waals surface area (Å²) < 4.78 is 14.6. The van der Waals surface area contributed by atoms with Crippen molar-refractivity contribution in [3.8, 4) is 0 Å². The van der Waals surface area contributed by atoms with E-state index in [4.69, 9.17) is 14.2 Å². The normalized spacial score (nSPS) is 19.3. The molecule has 0 heterocycles. The van der Waals surface area contributed by atoms with Gasteiger partial charge in [-0.1, -0.05) is 0 Å². The molecule has 0 rings (SSSR count). The summed E-state index contributed by atoms with van der Waals surface area (Å²) in [6, 6.07) is 0. The molecule has 0 unspecified atom stereocenters. The number of hydrogen-bond donors (Lipinski definition) is 2. The van der Waals surface area contributed by atoms with Gasteiger partial charge in [-0.3, -0.25) is 0 Å². The third-order valence-electron chi connectivity index (χ3n) is 2.06. The lowest BCUT2D eigenvalue weighted by Gasteiger charge is -2.29. The molecule has 6 nitrogen and oxygen atoms in total. The second-order valence-electron chi connectivity index (χ2n) is 3.05. The lowest BCUT2D eigenvalue weighted by Crippen LogP contribution is -2.48. The number of aliphatic hydroxyl groups excluding tert-OH is 2. The van der Waals surface area contributed by atoms with Crippen molar-refractivity contribution < 1.29 is 29.2 Å². The van der Waals surface area contributed by atoms with Crippen molar-refractivity contribution in [3.05, 3.63) is 0 Å². The fourth-order valence-electron chi connectivity index (χ4n) is 1.32. The summed E-state index contributed by atoms with van der Waals surface area (Å²) in [6.45, 7) is 0.0317. The molecule has 90 valence electrons. The largest absolute Gasteiger partial charge is 0.388 e. The predicted octanol–water partition coefficient (Wildman–Crippen LogP) is -1.42. The van der Waals surface area contributed by atoms with Crippen LogP contribution in [0.3, 0.4) is 0 Å². The summed E-state index contributed by atoms with van der Waals surface area (Å²) >= 11 is 0. The summed E-state index contributed by atoms with van der Waals surface area (Å²) in [5.74, 6) is 0. The molecule has 0 spiro atoms. The highest BCUT2D eigenvalue weighted by molar-refractivity contribution is 5.56. The van der Waals surface area contributed by atoms with Crippen molar-refractivity contribution in [2.24, 2.45) is 0 Å². The van der Waals surface area contributed by atoms with E-state index in [1.807, 2.05) is 0 Å². The van der Waals surface area contributed by atoms with Crippen molar-refractivity contribution in [3.63, 3.8) is 0 Å². The predicted molar refractivity (Wildman–Crippen MR) is 51.5 cm³/mol. The summed E-state index contributed by atoms with van der Waals surface area (Å²) in [6.07, 6.45) is -3.72. The molecule has 0 bridgehead atoms. The number of rotatable bonds is 8. The minimum Gasteiger partial charge on any atom is -0.388 e. The molecule has 0 saturated heterocycles. The number of methoxy groups -OCH3 is 3. The molecule has 0 aromatic heterocycles. The minimum absolute atomic E-state index is 0.0317. The van der Waals surface area contributed by atoms with E-state index in [-0.39, 0.29) is 6.61 Å². The zero-order valence-electron chi connectivity index (χ0n) is 9.12. The van der Waals surface area contributed by atoms with Gasteiger partial charge in [-0.25, -0.2) is 0 Å². The van der Waals surface area contributed by atoms with Gasteiger partial charge in [0.25, 0.3) is 0 Å². The molecule has 4 atom stereocenters. The monoisotopic (exact) mass is 222 g/mol. The molecule has 0 saturated carbocycles. The minimum atomic E-state index is -1.34. The number of hydrogen-bond acceptors (Lipinski definition) is 6. The molecule has 0 radical (unpaired) electrons. The Kier molecular flexibility index (Phi) is 7.45. The first-order chi connectivity index (χ1) is 7.12. The molecule has 2 N–H and O–H groups in total. The van der Waals surface area contributed by atoms with Gasteiger partial charge >= 0.3 is 0 Å². The second kappa shape index (κ2) is 7.72. The van der Waals surface area contributed by atoms with E-state index in [1.54, 1.807) is 0 Å². The fourth-order valence-corrected chi connectivity index (χ4v) is 1.32. The first-order valence-electron chi connectivity index (χ1n) is 4.48. The average Bonchev–Trinajstić information content (AvgIpc) is 2.24. The van der Waals surface area contributed by atoms with Crippen LogP contribution in [0.15, 0.2) is 0 Å². The van der Waals surface area contributed by atoms with Gasteiger partial charge in [0.15, 0.2) is 6.29 Å². The highest BCUT2D eigenvalue weighted by atomic mass is 16.6. The van der Waals surface area contributed by atoms with Crippen LogP contribution in [0, 0.1) is 0 Å². The van der Waals surface area contributed by atoms with Gasteiger partial charge in [0.2, 0.25) is 0 Å². The molecule has 0 fully saturated rings. The summed E-state index contributed by atoms with van der Waals surface area (Å²) in [4.78, 5) is 10.4.